The van der Waals surface area contributed by atoms with E-state index >= 15 is 0 Å². The van der Waals surface area contributed by atoms with E-state index in [1.807, 2.05) is 17.0 Å². The number of carbonyl (C=O) groups excluding carboxylic acids is 1. The van der Waals surface area contributed by atoms with Gasteiger partial charge in [-0.1, -0.05) is 26.0 Å². The summed E-state index contributed by atoms with van der Waals surface area (Å²) < 4.78 is 0. The number of piperidine rings is 1. The first-order chi connectivity index (χ1) is 10.2. The molecular weight excluding hydrogens is 260 g/mol. The second kappa shape index (κ2) is 8.18. The van der Waals surface area contributed by atoms with Gasteiger partial charge in [-0.2, -0.15) is 0 Å². The molecule has 1 aliphatic rings. The van der Waals surface area contributed by atoms with Crippen molar-refractivity contribution in [3.05, 3.63) is 35.4 Å². The average Bonchev–Trinajstić information content (AvgIpc) is 2.52. The van der Waals surface area contributed by atoms with Crippen molar-refractivity contribution in [1.29, 1.82) is 0 Å². The maximum atomic E-state index is 12.4. The smallest absolute Gasteiger partial charge is 0.253 e. The molecule has 0 aromatic heterocycles. The molecule has 1 heterocycles. The van der Waals surface area contributed by atoms with E-state index in [2.05, 4.69) is 31.3 Å². The van der Waals surface area contributed by atoms with Crippen molar-refractivity contribution >= 4 is 5.91 Å². The summed E-state index contributed by atoms with van der Waals surface area (Å²) in [6, 6.07) is 8.08. The highest BCUT2D eigenvalue weighted by Gasteiger charge is 2.17. The fraction of sp³-hybridized carbons (Fsp3) is 0.611. The van der Waals surface area contributed by atoms with Crippen molar-refractivity contribution < 1.29 is 4.79 Å². The summed E-state index contributed by atoms with van der Waals surface area (Å²) in [4.78, 5) is 14.3. The van der Waals surface area contributed by atoms with E-state index in [1.165, 1.54) is 18.4 Å². The van der Waals surface area contributed by atoms with Gasteiger partial charge < -0.3 is 10.2 Å². The highest BCUT2D eigenvalue weighted by molar-refractivity contribution is 5.94. The largest absolute Gasteiger partial charge is 0.339 e. The Hall–Kier alpha value is -1.35. The second-order valence-electron chi connectivity index (χ2n) is 6.41. The molecule has 0 unspecified atom stereocenters. The Morgan fingerprint density at radius 3 is 2.43 bits per heavy atom. The Balaban J connectivity index is 1.82. The molecule has 1 N–H and O–H groups in total. The van der Waals surface area contributed by atoms with Crippen LogP contribution in [0.3, 0.4) is 0 Å². The zero-order valence-corrected chi connectivity index (χ0v) is 13.4. The number of nitrogens with one attached hydrogen (secondary N) is 1. The highest BCUT2D eigenvalue weighted by Crippen LogP contribution is 2.14. The van der Waals surface area contributed by atoms with Gasteiger partial charge in [0.05, 0.1) is 0 Å². The van der Waals surface area contributed by atoms with Crippen LogP contribution in [-0.4, -0.2) is 30.4 Å². The lowest BCUT2D eigenvalue weighted by Gasteiger charge is -2.26. The van der Waals surface area contributed by atoms with Gasteiger partial charge in [-0.15, -0.1) is 0 Å². The Bertz CT molecular complexity index is 433. The quantitative estimate of drug-likeness (QED) is 0.813. The van der Waals surface area contributed by atoms with Crippen LogP contribution in [0.15, 0.2) is 24.3 Å². The van der Waals surface area contributed by atoms with Crippen molar-refractivity contribution in [2.75, 3.05) is 19.6 Å². The number of likely N-dealkylation sites (tertiary alicyclic amines) is 1. The molecule has 21 heavy (non-hydrogen) atoms. The van der Waals surface area contributed by atoms with E-state index in [4.69, 9.17) is 0 Å². The van der Waals surface area contributed by atoms with E-state index in [9.17, 15) is 4.79 Å². The van der Waals surface area contributed by atoms with Crippen molar-refractivity contribution in [2.45, 2.75) is 46.1 Å². The minimum atomic E-state index is 0.189. The number of benzene rings is 1. The number of carbonyl (C=O) groups is 1. The van der Waals surface area contributed by atoms with Crippen molar-refractivity contribution in [3.8, 4) is 0 Å². The molecule has 0 radical (unpaired) electrons. The topological polar surface area (TPSA) is 32.3 Å². The maximum Gasteiger partial charge on any atom is 0.253 e. The summed E-state index contributed by atoms with van der Waals surface area (Å²) in [5.74, 6) is 0.927. The molecule has 2 rings (SSSR count). The second-order valence-corrected chi connectivity index (χ2v) is 6.41. The minimum Gasteiger partial charge on any atom is -0.339 e. The summed E-state index contributed by atoms with van der Waals surface area (Å²) in [5, 5.41) is 3.45. The fourth-order valence-corrected chi connectivity index (χ4v) is 2.67. The van der Waals surface area contributed by atoms with Crippen molar-refractivity contribution in [1.82, 2.24) is 10.2 Å². The number of amides is 1. The Morgan fingerprint density at radius 2 is 1.81 bits per heavy atom. The van der Waals surface area contributed by atoms with Crippen LogP contribution < -0.4 is 5.32 Å². The van der Waals surface area contributed by atoms with Gasteiger partial charge in [0.25, 0.3) is 5.91 Å². The van der Waals surface area contributed by atoms with Crippen LogP contribution >= 0.6 is 0 Å². The van der Waals surface area contributed by atoms with E-state index in [1.54, 1.807) is 0 Å². The molecule has 1 saturated heterocycles. The minimum absolute atomic E-state index is 0.189. The van der Waals surface area contributed by atoms with E-state index in [0.717, 1.165) is 50.5 Å². The zero-order chi connectivity index (χ0) is 15.1. The first-order valence-electron chi connectivity index (χ1n) is 8.26. The molecule has 1 amide bonds. The van der Waals surface area contributed by atoms with Gasteiger partial charge in [0, 0.05) is 25.2 Å². The van der Waals surface area contributed by atoms with Crippen LogP contribution in [0.25, 0.3) is 0 Å². The monoisotopic (exact) mass is 288 g/mol. The molecule has 0 bridgehead atoms. The highest BCUT2D eigenvalue weighted by atomic mass is 16.2. The van der Waals surface area contributed by atoms with Crippen LogP contribution in [0.4, 0.5) is 0 Å². The third-order valence-corrected chi connectivity index (χ3v) is 4.07. The normalized spacial score (nSPS) is 15.5. The molecule has 0 saturated carbocycles. The first-order valence-corrected chi connectivity index (χ1v) is 8.26. The summed E-state index contributed by atoms with van der Waals surface area (Å²) in [7, 11) is 0. The van der Waals surface area contributed by atoms with Crippen LogP contribution in [0.2, 0.25) is 0 Å². The lowest BCUT2D eigenvalue weighted by molar-refractivity contribution is 0.0724. The molecule has 116 valence electrons. The fourth-order valence-electron chi connectivity index (χ4n) is 2.67. The van der Waals surface area contributed by atoms with Crippen LogP contribution in [0, 0.1) is 5.92 Å². The van der Waals surface area contributed by atoms with E-state index in [-0.39, 0.29) is 5.91 Å². The number of rotatable bonds is 6. The summed E-state index contributed by atoms with van der Waals surface area (Å²) in [6.07, 6.45) is 4.74. The van der Waals surface area contributed by atoms with Gasteiger partial charge in [-0.3, -0.25) is 4.79 Å². The molecule has 1 aromatic carbocycles. The van der Waals surface area contributed by atoms with Gasteiger partial charge in [-0.05, 0) is 55.8 Å². The van der Waals surface area contributed by atoms with Crippen molar-refractivity contribution in [3.63, 3.8) is 0 Å². The number of hydrogen-bond donors (Lipinski definition) is 1. The summed E-state index contributed by atoms with van der Waals surface area (Å²) >= 11 is 0. The summed E-state index contributed by atoms with van der Waals surface area (Å²) in [6.45, 7) is 8.23. The molecule has 3 heteroatoms. The van der Waals surface area contributed by atoms with Crippen molar-refractivity contribution in [2.24, 2.45) is 5.92 Å². The number of hydrogen-bond acceptors (Lipinski definition) is 2. The van der Waals surface area contributed by atoms with Gasteiger partial charge in [0.2, 0.25) is 0 Å². The average molecular weight is 288 g/mol. The molecular formula is C18H28N2O. The third kappa shape index (κ3) is 5.16. The molecule has 0 atom stereocenters. The van der Waals surface area contributed by atoms with Crippen LogP contribution in [0.5, 0.6) is 0 Å². The van der Waals surface area contributed by atoms with Gasteiger partial charge in [0.15, 0.2) is 0 Å². The van der Waals surface area contributed by atoms with Crippen LogP contribution in [0.1, 0.15) is 55.5 Å². The SMILES string of the molecule is CC(C)CCNCc1ccc(C(=O)N2CCCCC2)cc1. The lowest BCUT2D eigenvalue weighted by atomic mass is 10.1. The maximum absolute atomic E-state index is 12.4. The molecule has 1 aromatic rings. The third-order valence-electron chi connectivity index (χ3n) is 4.07. The predicted octanol–water partition coefficient (Wildman–Crippen LogP) is 3.45. The zero-order valence-electron chi connectivity index (χ0n) is 13.4. The summed E-state index contributed by atoms with van der Waals surface area (Å²) in [5.41, 5.74) is 2.07. The van der Waals surface area contributed by atoms with Gasteiger partial charge in [-0.25, -0.2) is 0 Å². The lowest BCUT2D eigenvalue weighted by Crippen LogP contribution is -2.35. The Labute approximate surface area is 128 Å². The molecule has 3 nitrogen and oxygen atoms in total. The Morgan fingerprint density at radius 1 is 1.14 bits per heavy atom. The molecule has 1 fully saturated rings. The first kappa shape index (κ1) is 16.0. The van der Waals surface area contributed by atoms with Crippen LogP contribution in [-0.2, 0) is 6.54 Å². The Kier molecular flexibility index (Phi) is 6.24. The molecule has 0 aliphatic carbocycles. The van der Waals surface area contributed by atoms with Gasteiger partial charge in [0.1, 0.15) is 0 Å². The molecule has 0 spiro atoms. The van der Waals surface area contributed by atoms with E-state index < -0.39 is 0 Å². The standard InChI is InChI=1S/C18H28N2O/c1-15(2)10-11-19-14-16-6-8-17(9-7-16)18(21)20-12-4-3-5-13-20/h6-9,15,19H,3-5,10-14H2,1-2H3. The predicted molar refractivity (Wildman–Crippen MR) is 87.4 cm³/mol. The molecule has 1 aliphatic heterocycles. The number of nitrogens with zero attached hydrogens (tertiary/aromatic N) is 1. The van der Waals surface area contributed by atoms with Gasteiger partial charge >= 0.3 is 0 Å². The van der Waals surface area contributed by atoms with E-state index in [0.29, 0.717) is 0 Å².